The first kappa shape index (κ1) is 31.8. The largest absolute Gasteiger partial charge is 0.462 e. The van der Waals surface area contributed by atoms with E-state index < -0.39 is 0 Å². The van der Waals surface area contributed by atoms with Crippen molar-refractivity contribution in [1.82, 2.24) is 20.5 Å². The fraction of sp³-hybridized carbons (Fsp3) is 0.543. The van der Waals surface area contributed by atoms with E-state index in [4.69, 9.17) is 0 Å². The first-order valence-corrected chi connectivity index (χ1v) is 15.6. The zero-order chi connectivity index (χ0) is 30.2. The number of ether oxygens (including phenoxy) is 1. The van der Waals surface area contributed by atoms with Gasteiger partial charge in [-0.25, -0.2) is 0 Å². The van der Waals surface area contributed by atoms with Gasteiger partial charge in [-0.15, -0.1) is 0 Å². The smallest absolute Gasteiger partial charge is 0.293 e. The number of carbonyl (C=O) groups is 2. The van der Waals surface area contributed by atoms with E-state index in [1.54, 1.807) is 0 Å². The maximum Gasteiger partial charge on any atom is 0.293 e. The van der Waals surface area contributed by atoms with E-state index in [9.17, 15) is 9.59 Å². The Morgan fingerprint density at radius 1 is 1.02 bits per heavy atom. The summed E-state index contributed by atoms with van der Waals surface area (Å²) in [6.45, 7) is 12.3. The molecule has 3 aliphatic rings. The van der Waals surface area contributed by atoms with Gasteiger partial charge in [0.15, 0.2) is 0 Å². The third-order valence-electron chi connectivity index (χ3n) is 9.04. The molecule has 2 saturated heterocycles. The van der Waals surface area contributed by atoms with E-state index in [0.717, 1.165) is 31.4 Å². The van der Waals surface area contributed by atoms with E-state index in [-0.39, 0.29) is 28.9 Å². The molecule has 1 aromatic heterocycles. The topological polar surface area (TPSA) is 86.5 Å². The lowest BCUT2D eigenvalue weighted by Crippen LogP contribution is -2.52. The van der Waals surface area contributed by atoms with E-state index in [1.165, 1.54) is 60.8 Å². The summed E-state index contributed by atoms with van der Waals surface area (Å²) in [5, 5.41) is 7.75. The monoisotopic (exact) mass is 574 g/mol. The van der Waals surface area contributed by atoms with Crippen LogP contribution in [0.4, 0.5) is 0 Å². The van der Waals surface area contributed by atoms with Crippen LogP contribution in [0.5, 0.6) is 0 Å². The van der Waals surface area contributed by atoms with Crippen LogP contribution in [0.1, 0.15) is 82.4 Å². The molecule has 0 radical (unpaired) electrons. The molecule has 6 rings (SSSR count). The molecule has 228 valence electrons. The van der Waals surface area contributed by atoms with Crippen LogP contribution in [0.25, 0.3) is 10.9 Å². The van der Waals surface area contributed by atoms with Crippen LogP contribution in [0.2, 0.25) is 0 Å². The lowest BCUT2D eigenvalue weighted by molar-refractivity contribution is -0.138. The lowest BCUT2D eigenvalue weighted by Gasteiger charge is -2.41. The van der Waals surface area contributed by atoms with Crippen LogP contribution >= 0.6 is 0 Å². The fourth-order valence-electron chi connectivity index (χ4n) is 6.64. The Bertz CT molecular complexity index is 1290. The molecule has 2 unspecified atom stereocenters. The zero-order valence-electron chi connectivity index (χ0n) is 26.2. The third-order valence-corrected chi connectivity index (χ3v) is 9.04. The zero-order valence-corrected chi connectivity index (χ0v) is 26.2. The number of likely N-dealkylation sites (tertiary alicyclic amines) is 1. The Balaban J connectivity index is 0.000000283. The lowest BCUT2D eigenvalue weighted by atomic mass is 9.73. The number of para-hydroxylation sites is 1. The van der Waals surface area contributed by atoms with Gasteiger partial charge < -0.3 is 25.3 Å². The van der Waals surface area contributed by atoms with Gasteiger partial charge in [-0.05, 0) is 108 Å². The molecule has 2 aliphatic heterocycles. The average Bonchev–Trinajstić information content (AvgIpc) is 3.76. The summed E-state index contributed by atoms with van der Waals surface area (Å²) < 4.78 is 4.55. The summed E-state index contributed by atoms with van der Waals surface area (Å²) in [5.74, 6) is 0.332. The van der Waals surface area contributed by atoms with Gasteiger partial charge in [0, 0.05) is 36.1 Å². The van der Waals surface area contributed by atoms with Crippen molar-refractivity contribution in [2.75, 3.05) is 33.2 Å². The van der Waals surface area contributed by atoms with Gasteiger partial charge in [-0.3, -0.25) is 9.59 Å². The van der Waals surface area contributed by atoms with Crippen molar-refractivity contribution in [2.45, 2.75) is 89.2 Å². The van der Waals surface area contributed by atoms with Crippen molar-refractivity contribution >= 4 is 23.3 Å². The normalized spacial score (nSPS) is 18.7. The Kier molecular flexibility index (Phi) is 10.8. The highest BCUT2D eigenvalue weighted by atomic mass is 16.5. The first-order chi connectivity index (χ1) is 20.2. The van der Waals surface area contributed by atoms with Crippen LogP contribution in [0, 0.1) is 0 Å². The SMILES string of the molecule is C1CCNC1.CC(C)(C)OC=O.CNC(C(=O)N1CCC2(CCc3ccccc32)CC1)C(C)c1c[nH]c2ccccc12. The molecule has 2 atom stereocenters. The summed E-state index contributed by atoms with van der Waals surface area (Å²) in [6.07, 6.45) is 9.41. The summed E-state index contributed by atoms with van der Waals surface area (Å²) in [5.41, 5.74) is 5.35. The first-order valence-electron chi connectivity index (χ1n) is 15.6. The number of likely N-dealkylation sites (N-methyl/N-ethyl adjacent to an activating group) is 1. The van der Waals surface area contributed by atoms with Crippen LogP contribution < -0.4 is 10.6 Å². The number of hydrogen-bond acceptors (Lipinski definition) is 5. The van der Waals surface area contributed by atoms with Crippen LogP contribution in [0.3, 0.4) is 0 Å². The molecule has 1 aliphatic carbocycles. The summed E-state index contributed by atoms with van der Waals surface area (Å²) in [4.78, 5) is 28.6. The third kappa shape index (κ3) is 7.61. The second-order valence-electron chi connectivity index (χ2n) is 12.9. The number of rotatable bonds is 5. The Morgan fingerprint density at radius 2 is 1.69 bits per heavy atom. The molecule has 3 aromatic rings. The maximum absolute atomic E-state index is 13.5. The summed E-state index contributed by atoms with van der Waals surface area (Å²) >= 11 is 0. The second kappa shape index (κ2) is 14.3. The molecule has 3 heterocycles. The Labute approximate surface area is 251 Å². The van der Waals surface area contributed by atoms with Crippen molar-refractivity contribution in [2.24, 2.45) is 0 Å². The van der Waals surface area contributed by atoms with Gasteiger partial charge in [-0.1, -0.05) is 49.4 Å². The van der Waals surface area contributed by atoms with Crippen molar-refractivity contribution in [3.05, 3.63) is 71.4 Å². The standard InChI is InChI=1S/C26H31N3O.C5H10O2.C4H9N/c1-18(21-17-28-23-10-6-4-8-20(21)23)24(27-2)25(30)29-15-13-26(14-16-29)12-11-19-7-3-5-9-22(19)26;1-5(2,3)7-4-6;1-2-4-5-3-1/h3-10,17-18,24,27-28H,11-16H2,1-2H3;4H,1-3H3;5H,1-4H2. The van der Waals surface area contributed by atoms with Crippen LogP contribution in [-0.4, -0.2) is 67.1 Å². The molecule has 7 nitrogen and oxygen atoms in total. The van der Waals surface area contributed by atoms with Gasteiger partial charge in [0.05, 0.1) is 6.04 Å². The number of aryl methyl sites for hydroxylation is 1. The van der Waals surface area contributed by atoms with E-state index >= 15 is 0 Å². The number of hydrogen-bond donors (Lipinski definition) is 3. The quantitative estimate of drug-likeness (QED) is 0.341. The highest BCUT2D eigenvalue weighted by Gasteiger charge is 2.42. The number of H-pyrrole nitrogens is 1. The number of fused-ring (bicyclic) bond motifs is 3. The number of amides is 1. The molecule has 0 saturated carbocycles. The van der Waals surface area contributed by atoms with Crippen molar-refractivity contribution in [3.63, 3.8) is 0 Å². The molecular formula is C35H50N4O3. The number of aromatic nitrogens is 1. The number of benzene rings is 2. The van der Waals surface area contributed by atoms with E-state index in [0.29, 0.717) is 6.47 Å². The van der Waals surface area contributed by atoms with Crippen molar-refractivity contribution in [1.29, 1.82) is 0 Å². The Morgan fingerprint density at radius 3 is 2.29 bits per heavy atom. The Hall–Kier alpha value is -3.16. The molecule has 0 bridgehead atoms. The predicted molar refractivity (Wildman–Crippen MR) is 171 cm³/mol. The molecular weight excluding hydrogens is 524 g/mol. The van der Waals surface area contributed by atoms with Crippen LogP contribution in [0.15, 0.2) is 54.7 Å². The maximum atomic E-state index is 13.5. The molecule has 42 heavy (non-hydrogen) atoms. The highest BCUT2D eigenvalue weighted by molar-refractivity contribution is 5.87. The minimum atomic E-state index is -0.318. The molecule has 3 N–H and O–H groups in total. The minimum Gasteiger partial charge on any atom is -0.462 e. The summed E-state index contributed by atoms with van der Waals surface area (Å²) in [7, 11) is 1.91. The van der Waals surface area contributed by atoms with Crippen molar-refractivity contribution < 1.29 is 14.3 Å². The van der Waals surface area contributed by atoms with Gasteiger partial charge in [0.2, 0.25) is 5.91 Å². The molecule has 7 heteroatoms. The van der Waals surface area contributed by atoms with E-state index in [1.807, 2.05) is 33.9 Å². The molecule has 2 aromatic carbocycles. The van der Waals surface area contributed by atoms with Gasteiger partial charge in [-0.2, -0.15) is 0 Å². The van der Waals surface area contributed by atoms with Gasteiger partial charge in [0.25, 0.3) is 6.47 Å². The fourth-order valence-corrected chi connectivity index (χ4v) is 6.64. The number of piperidine rings is 1. The highest BCUT2D eigenvalue weighted by Crippen LogP contribution is 2.46. The van der Waals surface area contributed by atoms with E-state index in [2.05, 4.69) is 80.8 Å². The summed E-state index contributed by atoms with van der Waals surface area (Å²) in [6, 6.07) is 17.0. The number of aromatic amines is 1. The van der Waals surface area contributed by atoms with Crippen molar-refractivity contribution in [3.8, 4) is 0 Å². The van der Waals surface area contributed by atoms with Crippen LogP contribution in [-0.2, 0) is 26.2 Å². The molecule has 1 spiro atoms. The van der Waals surface area contributed by atoms with Gasteiger partial charge in [0.1, 0.15) is 5.60 Å². The molecule has 2 fully saturated rings. The number of nitrogens with one attached hydrogen (secondary N) is 3. The number of nitrogens with zero attached hydrogens (tertiary/aromatic N) is 1. The minimum absolute atomic E-state index is 0.0988. The van der Waals surface area contributed by atoms with Gasteiger partial charge >= 0.3 is 0 Å². The second-order valence-corrected chi connectivity index (χ2v) is 12.9. The predicted octanol–water partition coefficient (Wildman–Crippen LogP) is 5.69. The average molecular weight is 575 g/mol. The molecule has 1 amide bonds. The number of carbonyl (C=O) groups excluding carboxylic acids is 2.